The first-order chi connectivity index (χ1) is 14.4. The molecule has 0 aliphatic carbocycles. The lowest BCUT2D eigenvalue weighted by Crippen LogP contribution is -3.00. The lowest BCUT2D eigenvalue weighted by Gasteiger charge is -2.39. The van der Waals surface area contributed by atoms with Gasteiger partial charge in [-0.15, -0.1) is 0 Å². The second-order valence-electron chi connectivity index (χ2n) is 9.51. The highest BCUT2D eigenvalue weighted by atomic mass is 19.1. The van der Waals surface area contributed by atoms with Crippen LogP contribution in [0.25, 0.3) is 0 Å². The zero-order chi connectivity index (χ0) is 22.7. The van der Waals surface area contributed by atoms with Gasteiger partial charge in [-0.2, -0.15) is 0 Å². The van der Waals surface area contributed by atoms with Crippen molar-refractivity contribution >= 4 is 0 Å². The Labute approximate surface area is 193 Å². The van der Waals surface area contributed by atoms with E-state index in [0.717, 1.165) is 6.54 Å². The van der Waals surface area contributed by atoms with E-state index in [-0.39, 0.29) is 11.4 Å². The van der Waals surface area contributed by atoms with Gasteiger partial charge in [0, 0.05) is 12.1 Å². The number of hydrogen-bond acceptors (Lipinski definition) is 1. The first-order valence-electron chi connectivity index (χ1n) is 12.6. The Morgan fingerprint density at radius 3 is 1.45 bits per heavy atom. The van der Waals surface area contributed by atoms with Gasteiger partial charge in [0.15, 0.2) is 0 Å². The molecule has 0 atom stereocenters. The molecule has 184 valence electrons. The highest BCUT2D eigenvalue weighted by molar-refractivity contribution is 5.14. The second kappa shape index (κ2) is 19.7. The lowest BCUT2D eigenvalue weighted by atomic mass is 10.1. The number of nitrogens with zero attached hydrogens (tertiary/aromatic N) is 1. The Hall–Kier alpha value is -1.00. The topological polar surface area (TPSA) is 12.0 Å². The molecule has 0 saturated carbocycles. The monoisotopic (exact) mass is 442 g/mol. The molecule has 4 heteroatoms. The minimum Gasteiger partial charge on any atom is -1.00 e. The molecule has 0 aromatic heterocycles. The zero-order valence-electron chi connectivity index (χ0n) is 21.5. The van der Waals surface area contributed by atoms with Crippen LogP contribution >= 0.6 is 0 Å². The summed E-state index contributed by atoms with van der Waals surface area (Å²) < 4.78 is 13.8. The quantitative estimate of drug-likeness (QED) is 0.371. The van der Waals surface area contributed by atoms with E-state index < -0.39 is 5.54 Å². The highest BCUT2D eigenvalue weighted by Gasteiger charge is 2.24. The van der Waals surface area contributed by atoms with Crippen LogP contribution in [-0.4, -0.2) is 42.9 Å². The third-order valence-electron chi connectivity index (χ3n) is 5.89. The first kappa shape index (κ1) is 32.2. The maximum atomic E-state index is 12.4. The highest BCUT2D eigenvalue weighted by Crippen LogP contribution is 2.16. The van der Waals surface area contributed by atoms with Crippen molar-refractivity contribution in [3.8, 4) is 0 Å². The lowest BCUT2D eigenvalue weighted by molar-refractivity contribution is -0.929. The molecule has 31 heavy (non-hydrogen) atoms. The van der Waals surface area contributed by atoms with E-state index in [1.165, 1.54) is 87.6 Å². The second-order valence-corrected chi connectivity index (χ2v) is 9.51. The fourth-order valence-corrected chi connectivity index (χ4v) is 3.63. The summed E-state index contributed by atoms with van der Waals surface area (Å²) in [6.07, 6.45) is 11.1. The number of halogens is 2. The van der Waals surface area contributed by atoms with Crippen LogP contribution in [0.1, 0.15) is 98.5 Å². The van der Waals surface area contributed by atoms with Crippen LogP contribution < -0.4 is 10.0 Å². The van der Waals surface area contributed by atoms with E-state index in [4.69, 9.17) is 0 Å². The van der Waals surface area contributed by atoms with E-state index in [1.54, 1.807) is 0 Å². The number of quaternary nitrogens is 1. The molecular formula is C27H52F2N2. The molecule has 0 unspecified atom stereocenters. The molecule has 0 radical (unpaired) electrons. The molecule has 0 aliphatic rings. The molecule has 0 bridgehead atoms. The summed E-state index contributed by atoms with van der Waals surface area (Å²) in [5.74, 6) is 0. The maximum Gasteiger partial charge on any atom is 0.107 e. The van der Waals surface area contributed by atoms with Gasteiger partial charge in [0.2, 0.25) is 0 Å². The molecule has 0 spiro atoms. The number of rotatable bonds is 16. The minimum atomic E-state index is -0.421. The van der Waals surface area contributed by atoms with Gasteiger partial charge in [-0.25, -0.2) is 4.39 Å². The van der Waals surface area contributed by atoms with Crippen molar-refractivity contribution < 1.29 is 13.6 Å². The van der Waals surface area contributed by atoms with Crippen molar-refractivity contribution in [2.45, 2.75) is 105 Å². The predicted molar refractivity (Wildman–Crippen MR) is 133 cm³/mol. The van der Waals surface area contributed by atoms with Gasteiger partial charge in [0.05, 0.1) is 26.2 Å². The summed E-state index contributed by atoms with van der Waals surface area (Å²) in [6, 6.07) is 10.0. The number of nitrogens with one attached hydrogen (secondary N) is 1. The summed E-state index contributed by atoms with van der Waals surface area (Å²) in [5.41, 5.74) is 0.763. The van der Waals surface area contributed by atoms with Gasteiger partial charge in [0.25, 0.3) is 0 Å². The Morgan fingerprint density at radius 1 is 0.742 bits per heavy atom. The Kier molecular flexibility index (Phi) is 20.4. The normalized spacial score (nSPS) is 11.5. The maximum absolute atomic E-state index is 12.4. The third-order valence-corrected chi connectivity index (χ3v) is 5.89. The Bertz CT molecular complexity index is 454. The van der Waals surface area contributed by atoms with Crippen molar-refractivity contribution in [1.29, 1.82) is 0 Å². The number of hydrogen-bond donors (Lipinski definition) is 1. The molecule has 0 fully saturated rings. The minimum absolute atomic E-state index is 0. The number of unbranched alkanes of at least 4 members (excludes halogenated alkanes) is 4. The van der Waals surface area contributed by atoms with Crippen molar-refractivity contribution in [2.24, 2.45) is 0 Å². The molecule has 1 aromatic carbocycles. The number of benzene rings is 1. The van der Waals surface area contributed by atoms with Crippen LogP contribution in [0.2, 0.25) is 0 Å². The standard InChI is InChI=1S/C16H36N.C11H16FN.FH/c1-5-9-13-17(14-10-6-2,15-11-7-3)16-12-8-4;1-11(2,9-12)13-8-10-6-4-3-5-7-10;/h5-16H2,1-4H3;3-7,13H,8-9H2,1-2H3;1H/q+1;;/p-1. The van der Waals surface area contributed by atoms with Gasteiger partial charge in [-0.05, 0) is 45.1 Å². The molecule has 1 aromatic rings. The SMILES string of the molecule is CC(C)(CF)NCc1ccccc1.CCCC[N+](CCCC)(CCCC)CCCC.[F-]. The summed E-state index contributed by atoms with van der Waals surface area (Å²) in [6.45, 7) is 19.1. The molecule has 0 saturated heterocycles. The van der Waals surface area contributed by atoms with Crippen LogP contribution in [0.3, 0.4) is 0 Å². The summed E-state index contributed by atoms with van der Waals surface area (Å²) in [7, 11) is 0. The molecule has 0 aliphatic heterocycles. The molecule has 0 amide bonds. The molecular weight excluding hydrogens is 390 g/mol. The predicted octanol–water partition coefficient (Wildman–Crippen LogP) is 4.53. The van der Waals surface area contributed by atoms with Crippen LogP contribution in [-0.2, 0) is 6.54 Å². The largest absolute Gasteiger partial charge is 1.00 e. The van der Waals surface area contributed by atoms with Gasteiger partial charge >= 0.3 is 0 Å². The Morgan fingerprint density at radius 2 is 1.13 bits per heavy atom. The fourth-order valence-electron chi connectivity index (χ4n) is 3.63. The van der Waals surface area contributed by atoms with Gasteiger partial charge < -0.3 is 14.5 Å². The first-order valence-corrected chi connectivity index (χ1v) is 12.6. The van der Waals surface area contributed by atoms with Crippen LogP contribution in [0.5, 0.6) is 0 Å². The molecule has 1 rings (SSSR count). The van der Waals surface area contributed by atoms with Crippen molar-refractivity contribution in [3.63, 3.8) is 0 Å². The van der Waals surface area contributed by atoms with Crippen LogP contribution in [0.15, 0.2) is 30.3 Å². The zero-order valence-corrected chi connectivity index (χ0v) is 21.5. The van der Waals surface area contributed by atoms with E-state index in [2.05, 4.69) is 33.0 Å². The van der Waals surface area contributed by atoms with E-state index >= 15 is 0 Å². The Balaban J connectivity index is 0. The van der Waals surface area contributed by atoms with Gasteiger partial charge in [-0.1, -0.05) is 83.7 Å². The van der Waals surface area contributed by atoms with Crippen molar-refractivity contribution in [1.82, 2.24) is 5.32 Å². The summed E-state index contributed by atoms with van der Waals surface area (Å²) in [5, 5.41) is 3.15. The van der Waals surface area contributed by atoms with Crippen LogP contribution in [0.4, 0.5) is 4.39 Å². The average Bonchev–Trinajstić information content (AvgIpc) is 2.78. The summed E-state index contributed by atoms with van der Waals surface area (Å²) in [4.78, 5) is 0. The fraction of sp³-hybridized carbons (Fsp3) is 0.778. The van der Waals surface area contributed by atoms with Crippen molar-refractivity contribution in [3.05, 3.63) is 35.9 Å². The van der Waals surface area contributed by atoms with E-state index in [0.29, 0.717) is 0 Å². The smallest absolute Gasteiger partial charge is 0.107 e. The average molecular weight is 443 g/mol. The number of alkyl halides is 1. The molecule has 1 N–H and O–H groups in total. The van der Waals surface area contributed by atoms with Crippen molar-refractivity contribution in [2.75, 3.05) is 32.9 Å². The third kappa shape index (κ3) is 16.3. The van der Waals surface area contributed by atoms with Crippen LogP contribution in [0, 0.1) is 0 Å². The molecule has 0 heterocycles. The van der Waals surface area contributed by atoms with Gasteiger partial charge in [0.1, 0.15) is 6.67 Å². The van der Waals surface area contributed by atoms with Gasteiger partial charge in [-0.3, -0.25) is 0 Å². The molecule has 2 nitrogen and oxygen atoms in total. The van der Waals surface area contributed by atoms with E-state index in [9.17, 15) is 4.39 Å². The summed E-state index contributed by atoms with van der Waals surface area (Å²) >= 11 is 0. The van der Waals surface area contributed by atoms with E-state index in [1.807, 2.05) is 44.2 Å².